The number of aromatic nitrogens is 1. The van der Waals surface area contributed by atoms with E-state index in [-0.39, 0.29) is 5.57 Å². The van der Waals surface area contributed by atoms with Crippen LogP contribution in [-0.4, -0.2) is 23.2 Å². The molecule has 4 aromatic rings. The van der Waals surface area contributed by atoms with E-state index in [1.54, 1.807) is 12.1 Å². The number of hydrogen-bond acceptors (Lipinski definition) is 4. The first-order valence-electron chi connectivity index (χ1n) is 9.41. The molecule has 1 aromatic heterocycles. The Morgan fingerprint density at radius 2 is 1.78 bits per heavy atom. The Morgan fingerprint density at radius 3 is 2.44 bits per heavy atom. The van der Waals surface area contributed by atoms with Crippen LogP contribution in [0.2, 0.25) is 0 Å². The third-order valence-electron chi connectivity index (χ3n) is 4.90. The van der Waals surface area contributed by atoms with Crippen LogP contribution in [0.25, 0.3) is 38.2 Å². The van der Waals surface area contributed by atoms with Crippen LogP contribution < -0.4 is 0 Å². The van der Waals surface area contributed by atoms with Gasteiger partial charge in [-0.3, -0.25) is 0 Å². The monoisotopic (exact) mass is 455 g/mol. The average molecular weight is 455 g/mol. The summed E-state index contributed by atoms with van der Waals surface area (Å²) in [5.41, 5.74) is 1.83. The van der Waals surface area contributed by atoms with Gasteiger partial charge in [0.05, 0.1) is 24.6 Å². The molecule has 0 atom stereocenters. The summed E-state index contributed by atoms with van der Waals surface area (Å²) in [5, 5.41) is 13.6. The van der Waals surface area contributed by atoms with Crippen molar-refractivity contribution in [2.24, 2.45) is 0 Å². The highest BCUT2D eigenvalue weighted by Gasteiger charge is 2.30. The summed E-state index contributed by atoms with van der Waals surface area (Å²) in [6.07, 6.45) is -3.20. The standard InChI is InChI=1S/C24H16F3NO3S/c1-31-12-20(23(29)30)18-4-2-3-14-5-6-16(11-19(14)18)21-13-32-22(28-21)15-7-9-17(10-8-15)24(25,26)27/h2-13H,1H3,(H,29,30). The lowest BCUT2D eigenvalue weighted by atomic mass is 9.96. The van der Waals surface area contributed by atoms with Crippen molar-refractivity contribution in [2.45, 2.75) is 6.18 Å². The van der Waals surface area contributed by atoms with E-state index in [0.29, 0.717) is 21.8 Å². The van der Waals surface area contributed by atoms with E-state index in [0.717, 1.165) is 28.5 Å². The van der Waals surface area contributed by atoms with Gasteiger partial charge >= 0.3 is 12.1 Å². The number of benzene rings is 3. The number of alkyl halides is 3. The zero-order valence-corrected chi connectivity index (χ0v) is 17.5. The van der Waals surface area contributed by atoms with E-state index in [2.05, 4.69) is 4.98 Å². The van der Waals surface area contributed by atoms with Crippen molar-refractivity contribution in [2.75, 3.05) is 7.11 Å². The number of carbonyl (C=O) groups is 1. The van der Waals surface area contributed by atoms with E-state index in [4.69, 9.17) is 4.74 Å². The Hall–Kier alpha value is -3.65. The molecule has 0 radical (unpaired) electrons. The summed E-state index contributed by atoms with van der Waals surface area (Å²) >= 11 is 1.32. The van der Waals surface area contributed by atoms with E-state index in [9.17, 15) is 23.1 Å². The predicted octanol–water partition coefficient (Wildman–Crippen LogP) is 6.72. The predicted molar refractivity (Wildman–Crippen MR) is 118 cm³/mol. The second-order valence-corrected chi connectivity index (χ2v) is 7.78. The maximum Gasteiger partial charge on any atom is 0.416 e. The van der Waals surface area contributed by atoms with Gasteiger partial charge in [-0.2, -0.15) is 13.2 Å². The van der Waals surface area contributed by atoms with Crippen LogP contribution in [-0.2, 0) is 15.7 Å². The fourth-order valence-corrected chi connectivity index (χ4v) is 4.19. The molecule has 3 aromatic carbocycles. The Morgan fingerprint density at radius 1 is 1.06 bits per heavy atom. The molecule has 0 saturated heterocycles. The number of aliphatic carboxylic acids is 1. The van der Waals surface area contributed by atoms with Crippen LogP contribution in [0.15, 0.2) is 72.3 Å². The second-order valence-electron chi connectivity index (χ2n) is 6.93. The van der Waals surface area contributed by atoms with Gasteiger partial charge in [0.15, 0.2) is 0 Å². The van der Waals surface area contributed by atoms with Gasteiger partial charge in [0.1, 0.15) is 10.6 Å². The molecular weight excluding hydrogens is 439 g/mol. The number of methoxy groups -OCH3 is 1. The highest BCUT2D eigenvalue weighted by atomic mass is 32.1. The van der Waals surface area contributed by atoms with E-state index < -0.39 is 17.7 Å². The van der Waals surface area contributed by atoms with Gasteiger partial charge in [-0.15, -0.1) is 11.3 Å². The molecule has 0 aliphatic heterocycles. The summed E-state index contributed by atoms with van der Waals surface area (Å²) in [7, 11) is 1.39. The number of rotatable bonds is 5. The highest BCUT2D eigenvalue weighted by molar-refractivity contribution is 7.13. The lowest BCUT2D eigenvalue weighted by Gasteiger charge is -2.09. The van der Waals surface area contributed by atoms with E-state index >= 15 is 0 Å². The minimum Gasteiger partial charge on any atom is -0.503 e. The average Bonchev–Trinajstić information content (AvgIpc) is 3.26. The number of carboxylic acids is 1. The minimum atomic E-state index is -4.39. The van der Waals surface area contributed by atoms with Crippen molar-refractivity contribution in [1.29, 1.82) is 0 Å². The molecule has 0 saturated carbocycles. The molecule has 1 N–H and O–H groups in total. The Balaban J connectivity index is 1.74. The lowest BCUT2D eigenvalue weighted by molar-refractivity contribution is -0.137. The quantitative estimate of drug-likeness (QED) is 0.268. The fraction of sp³-hybridized carbons (Fsp3) is 0.0833. The van der Waals surface area contributed by atoms with Gasteiger partial charge in [-0.1, -0.05) is 42.5 Å². The van der Waals surface area contributed by atoms with E-state index in [1.807, 2.05) is 29.6 Å². The first kappa shape index (κ1) is 21.6. The molecular formula is C24H16F3NO3S. The van der Waals surface area contributed by atoms with Gasteiger partial charge in [0.25, 0.3) is 0 Å². The largest absolute Gasteiger partial charge is 0.503 e. The topological polar surface area (TPSA) is 59.4 Å². The Bertz CT molecular complexity index is 1320. The third-order valence-corrected chi connectivity index (χ3v) is 5.79. The summed E-state index contributed by atoms with van der Waals surface area (Å²) in [5.74, 6) is -1.11. The number of hydrogen-bond donors (Lipinski definition) is 1. The van der Waals surface area contributed by atoms with Crippen LogP contribution in [0.3, 0.4) is 0 Å². The Labute approximate surface area is 185 Å². The number of halogens is 3. The molecule has 8 heteroatoms. The Kier molecular flexibility index (Phi) is 5.71. The summed E-state index contributed by atoms with van der Waals surface area (Å²) in [6.45, 7) is 0. The van der Waals surface area contributed by atoms with Gasteiger partial charge in [0.2, 0.25) is 0 Å². The number of thiazole rings is 1. The van der Waals surface area contributed by atoms with Crippen molar-refractivity contribution >= 4 is 33.7 Å². The molecule has 4 rings (SSSR count). The molecule has 0 aliphatic rings. The smallest absolute Gasteiger partial charge is 0.416 e. The van der Waals surface area contributed by atoms with Crippen molar-refractivity contribution in [3.63, 3.8) is 0 Å². The molecule has 0 spiro atoms. The molecule has 0 fully saturated rings. The number of nitrogens with zero attached hydrogens (tertiary/aromatic N) is 1. The van der Waals surface area contributed by atoms with Gasteiger partial charge in [0, 0.05) is 16.5 Å². The SMILES string of the molecule is COC=C(C(=O)O)c1cccc2ccc(-c3csc(-c4ccc(C(F)(F)F)cc4)n3)cc12. The number of fused-ring (bicyclic) bond motifs is 1. The van der Waals surface area contributed by atoms with Crippen LogP contribution in [0.4, 0.5) is 13.2 Å². The van der Waals surface area contributed by atoms with Crippen molar-refractivity contribution in [3.05, 3.63) is 83.4 Å². The number of ether oxygens (including phenoxy) is 1. The van der Waals surface area contributed by atoms with Crippen molar-refractivity contribution < 1.29 is 27.8 Å². The molecule has 162 valence electrons. The molecule has 32 heavy (non-hydrogen) atoms. The van der Waals surface area contributed by atoms with Gasteiger partial charge in [-0.05, 0) is 34.5 Å². The van der Waals surface area contributed by atoms with Gasteiger partial charge < -0.3 is 9.84 Å². The molecule has 4 nitrogen and oxygen atoms in total. The van der Waals surface area contributed by atoms with Crippen molar-refractivity contribution in [3.8, 4) is 21.8 Å². The maximum atomic E-state index is 12.8. The van der Waals surface area contributed by atoms with Crippen LogP contribution in [0.5, 0.6) is 0 Å². The number of carboxylic acid groups (broad SMARTS) is 1. The molecule has 1 heterocycles. The van der Waals surface area contributed by atoms with Crippen LogP contribution in [0, 0.1) is 0 Å². The zero-order valence-electron chi connectivity index (χ0n) is 16.7. The molecule has 0 aliphatic carbocycles. The summed E-state index contributed by atoms with van der Waals surface area (Å²) < 4.78 is 43.3. The fourth-order valence-electron chi connectivity index (χ4n) is 3.35. The van der Waals surface area contributed by atoms with Gasteiger partial charge in [-0.25, -0.2) is 9.78 Å². The molecule has 0 amide bonds. The lowest BCUT2D eigenvalue weighted by Crippen LogP contribution is -2.03. The van der Waals surface area contributed by atoms with Crippen LogP contribution in [0.1, 0.15) is 11.1 Å². The molecule has 0 bridgehead atoms. The summed E-state index contributed by atoms with van der Waals surface area (Å²) in [6, 6.07) is 15.8. The molecule has 0 unspecified atom stereocenters. The zero-order chi connectivity index (χ0) is 22.9. The highest BCUT2D eigenvalue weighted by Crippen LogP contribution is 2.35. The van der Waals surface area contributed by atoms with Crippen molar-refractivity contribution in [1.82, 2.24) is 4.98 Å². The first-order valence-corrected chi connectivity index (χ1v) is 10.3. The van der Waals surface area contributed by atoms with Crippen LogP contribution >= 0.6 is 11.3 Å². The van der Waals surface area contributed by atoms with E-state index in [1.165, 1.54) is 36.8 Å². The maximum absolute atomic E-state index is 12.8. The second kappa shape index (κ2) is 8.47. The first-order chi connectivity index (χ1) is 15.3. The minimum absolute atomic E-state index is 0.0268. The third kappa shape index (κ3) is 4.22. The normalized spacial score (nSPS) is 12.2. The summed E-state index contributed by atoms with van der Waals surface area (Å²) in [4.78, 5) is 16.3.